The second kappa shape index (κ2) is 8.48. The molecular formula is C27H26FN5O. The van der Waals surface area contributed by atoms with Gasteiger partial charge in [-0.1, -0.05) is 56.3 Å². The lowest BCUT2D eigenvalue weighted by Gasteiger charge is -2.21. The molecule has 0 atom stereocenters. The van der Waals surface area contributed by atoms with Crippen LogP contribution in [0.5, 0.6) is 0 Å². The molecule has 34 heavy (non-hydrogen) atoms. The molecule has 0 bridgehead atoms. The fourth-order valence-electron chi connectivity index (χ4n) is 4.36. The summed E-state index contributed by atoms with van der Waals surface area (Å²) in [6, 6.07) is 20.3. The minimum absolute atomic E-state index is 0.106. The smallest absolute Gasteiger partial charge is 0.252 e. The molecule has 1 fully saturated rings. The molecule has 7 heteroatoms. The van der Waals surface area contributed by atoms with Crippen LogP contribution in [0.2, 0.25) is 0 Å². The summed E-state index contributed by atoms with van der Waals surface area (Å²) in [6.45, 7) is 5.97. The predicted octanol–water partition coefficient (Wildman–Crippen LogP) is 5.32. The fraction of sp³-hybridized carbons (Fsp3) is 0.259. The maximum atomic E-state index is 13.9. The zero-order valence-corrected chi connectivity index (χ0v) is 19.4. The number of carbonyl (C=O) groups is 1. The molecule has 0 radical (unpaired) electrons. The monoisotopic (exact) mass is 455 g/mol. The maximum absolute atomic E-state index is 13.9. The average molecular weight is 456 g/mol. The summed E-state index contributed by atoms with van der Waals surface area (Å²) < 4.78 is 15.6. The number of benzene rings is 3. The molecule has 0 aliphatic heterocycles. The number of amides is 1. The van der Waals surface area contributed by atoms with Crippen LogP contribution in [-0.2, 0) is 5.54 Å². The van der Waals surface area contributed by atoms with Crippen molar-refractivity contribution in [2.45, 2.75) is 45.1 Å². The quantitative estimate of drug-likeness (QED) is 0.427. The summed E-state index contributed by atoms with van der Waals surface area (Å²) in [5.74, 6) is 0.327. The molecule has 1 amide bonds. The second-order valence-corrected chi connectivity index (χ2v) is 9.18. The molecule has 3 aromatic carbocycles. The van der Waals surface area contributed by atoms with Crippen LogP contribution < -0.4 is 5.32 Å². The molecule has 1 heterocycles. The van der Waals surface area contributed by atoms with E-state index in [1.54, 1.807) is 10.7 Å². The Morgan fingerprint density at radius 1 is 1.03 bits per heavy atom. The van der Waals surface area contributed by atoms with Crippen LogP contribution in [0.25, 0.3) is 16.8 Å². The number of tetrazole rings is 1. The van der Waals surface area contributed by atoms with Crippen molar-refractivity contribution in [1.82, 2.24) is 25.5 Å². The topological polar surface area (TPSA) is 72.7 Å². The van der Waals surface area contributed by atoms with Gasteiger partial charge in [0, 0.05) is 11.5 Å². The number of halogens is 1. The Kier molecular flexibility index (Phi) is 5.48. The van der Waals surface area contributed by atoms with E-state index in [0.717, 1.165) is 46.6 Å². The van der Waals surface area contributed by atoms with Gasteiger partial charge >= 0.3 is 0 Å². The molecule has 6 nitrogen and oxygen atoms in total. The Balaban J connectivity index is 1.60. The third-order valence-electron chi connectivity index (χ3n) is 6.45. The van der Waals surface area contributed by atoms with Gasteiger partial charge in [-0.05, 0) is 76.7 Å². The van der Waals surface area contributed by atoms with E-state index in [1.165, 1.54) is 12.1 Å². The molecule has 1 aliphatic rings. The Hall–Kier alpha value is -3.87. The van der Waals surface area contributed by atoms with Gasteiger partial charge < -0.3 is 5.32 Å². The Morgan fingerprint density at radius 3 is 2.47 bits per heavy atom. The van der Waals surface area contributed by atoms with Crippen molar-refractivity contribution in [3.63, 3.8) is 0 Å². The van der Waals surface area contributed by atoms with E-state index in [9.17, 15) is 9.18 Å². The number of nitrogens with zero attached hydrogens (tertiary/aromatic N) is 4. The number of carbonyl (C=O) groups excluding carboxylic acids is 1. The molecule has 0 spiro atoms. The summed E-state index contributed by atoms with van der Waals surface area (Å²) in [5, 5.41) is 15.5. The lowest BCUT2D eigenvalue weighted by molar-refractivity contribution is 0.0930. The Morgan fingerprint density at radius 2 is 1.79 bits per heavy atom. The van der Waals surface area contributed by atoms with Crippen LogP contribution in [0.4, 0.5) is 4.39 Å². The minimum atomic E-state index is -0.535. The molecule has 172 valence electrons. The standard InChI is InChI=1S/C27H26FN5O/c1-17(2)25-30-31-32-33(25)24-15-20(19-8-5-4-6-9-19)14-23(18(24)3)26(34)29-27(12-13-27)21-10-7-11-22(28)16-21/h4-11,14-17H,12-13H2,1-3H3,(H,29,34). The molecule has 5 rings (SSSR count). The van der Waals surface area contributed by atoms with Crippen molar-refractivity contribution < 1.29 is 9.18 Å². The van der Waals surface area contributed by atoms with Crippen LogP contribution >= 0.6 is 0 Å². The van der Waals surface area contributed by atoms with Gasteiger partial charge in [-0.15, -0.1) is 5.10 Å². The number of rotatable bonds is 6. The first-order valence-electron chi connectivity index (χ1n) is 11.5. The van der Waals surface area contributed by atoms with Gasteiger partial charge in [0.15, 0.2) is 5.82 Å². The normalized spacial score (nSPS) is 14.3. The third kappa shape index (κ3) is 3.98. The van der Waals surface area contributed by atoms with E-state index in [0.29, 0.717) is 5.56 Å². The van der Waals surface area contributed by atoms with Crippen LogP contribution in [0.3, 0.4) is 0 Å². The third-order valence-corrected chi connectivity index (χ3v) is 6.45. The summed E-state index contributed by atoms with van der Waals surface area (Å²) in [5.41, 5.74) is 4.23. The van der Waals surface area contributed by atoms with E-state index in [4.69, 9.17) is 0 Å². The first-order valence-corrected chi connectivity index (χ1v) is 11.5. The molecular weight excluding hydrogens is 429 g/mol. The predicted molar refractivity (Wildman–Crippen MR) is 128 cm³/mol. The number of aromatic nitrogens is 4. The van der Waals surface area contributed by atoms with E-state index in [2.05, 4.69) is 20.8 Å². The van der Waals surface area contributed by atoms with Crippen molar-refractivity contribution >= 4 is 5.91 Å². The molecule has 1 aliphatic carbocycles. The Bertz CT molecular complexity index is 1360. The zero-order chi connectivity index (χ0) is 23.9. The molecule has 1 N–H and O–H groups in total. The lowest BCUT2D eigenvalue weighted by atomic mass is 9.96. The Labute approximate surface area is 197 Å². The fourth-order valence-corrected chi connectivity index (χ4v) is 4.36. The first-order chi connectivity index (χ1) is 16.4. The van der Waals surface area contributed by atoms with Crippen molar-refractivity contribution in [2.24, 2.45) is 0 Å². The van der Waals surface area contributed by atoms with Crippen molar-refractivity contribution in [2.75, 3.05) is 0 Å². The lowest BCUT2D eigenvalue weighted by Crippen LogP contribution is -2.35. The summed E-state index contributed by atoms with van der Waals surface area (Å²) in [6.07, 6.45) is 1.55. The molecule has 0 saturated heterocycles. The maximum Gasteiger partial charge on any atom is 0.252 e. The number of nitrogens with one attached hydrogen (secondary N) is 1. The van der Waals surface area contributed by atoms with Crippen LogP contribution in [0, 0.1) is 12.7 Å². The van der Waals surface area contributed by atoms with Crippen LogP contribution in [0.1, 0.15) is 59.9 Å². The first kappa shape index (κ1) is 21.9. The molecule has 0 unspecified atom stereocenters. The number of hydrogen-bond acceptors (Lipinski definition) is 4. The summed E-state index contributed by atoms with van der Waals surface area (Å²) in [7, 11) is 0. The van der Waals surface area contributed by atoms with E-state index in [-0.39, 0.29) is 17.6 Å². The van der Waals surface area contributed by atoms with Gasteiger partial charge in [-0.2, -0.15) is 4.68 Å². The summed E-state index contributed by atoms with van der Waals surface area (Å²) in [4.78, 5) is 13.6. The molecule has 1 saturated carbocycles. The molecule has 4 aromatic rings. The van der Waals surface area contributed by atoms with Crippen LogP contribution in [0.15, 0.2) is 66.7 Å². The van der Waals surface area contributed by atoms with Crippen LogP contribution in [-0.4, -0.2) is 26.1 Å². The van der Waals surface area contributed by atoms with Gasteiger partial charge in [0.05, 0.1) is 11.2 Å². The van der Waals surface area contributed by atoms with Crippen molar-refractivity contribution in [3.8, 4) is 16.8 Å². The molecule has 1 aromatic heterocycles. The van der Waals surface area contributed by atoms with E-state index in [1.807, 2.05) is 69.3 Å². The largest absolute Gasteiger partial charge is 0.343 e. The van der Waals surface area contributed by atoms with E-state index < -0.39 is 5.54 Å². The number of hydrogen-bond donors (Lipinski definition) is 1. The zero-order valence-electron chi connectivity index (χ0n) is 19.4. The van der Waals surface area contributed by atoms with Gasteiger partial charge in [0.25, 0.3) is 5.91 Å². The highest BCUT2D eigenvalue weighted by Crippen LogP contribution is 2.46. The van der Waals surface area contributed by atoms with E-state index >= 15 is 0 Å². The van der Waals surface area contributed by atoms with Gasteiger partial charge in [-0.3, -0.25) is 4.79 Å². The average Bonchev–Trinajstić information content (AvgIpc) is 3.44. The SMILES string of the molecule is Cc1c(C(=O)NC2(c3cccc(F)c3)CC2)cc(-c2ccccc2)cc1-n1nnnc1C(C)C. The van der Waals surface area contributed by atoms with Gasteiger partial charge in [0.2, 0.25) is 0 Å². The van der Waals surface area contributed by atoms with Crippen molar-refractivity contribution in [1.29, 1.82) is 0 Å². The van der Waals surface area contributed by atoms with Gasteiger partial charge in [-0.25, -0.2) is 4.39 Å². The highest BCUT2D eigenvalue weighted by molar-refractivity contribution is 5.98. The van der Waals surface area contributed by atoms with Gasteiger partial charge in [0.1, 0.15) is 5.82 Å². The minimum Gasteiger partial charge on any atom is -0.343 e. The summed E-state index contributed by atoms with van der Waals surface area (Å²) >= 11 is 0. The highest BCUT2D eigenvalue weighted by atomic mass is 19.1. The highest BCUT2D eigenvalue weighted by Gasteiger charge is 2.46. The second-order valence-electron chi connectivity index (χ2n) is 9.18. The van der Waals surface area contributed by atoms with Crippen molar-refractivity contribution in [3.05, 3.63) is 95.1 Å².